The van der Waals surface area contributed by atoms with Gasteiger partial charge in [-0.05, 0) is 45.3 Å². The summed E-state index contributed by atoms with van der Waals surface area (Å²) in [7, 11) is 0. The van der Waals surface area contributed by atoms with Crippen molar-refractivity contribution in [2.45, 2.75) is 32.7 Å². The van der Waals surface area contributed by atoms with Crippen molar-refractivity contribution in [3.63, 3.8) is 0 Å². The van der Waals surface area contributed by atoms with Gasteiger partial charge in [-0.2, -0.15) is 0 Å². The molecule has 2 aliphatic rings. The number of nitrogens with one attached hydrogen (secondary N) is 2. The number of hydrogen-bond donors (Lipinski definition) is 2. The normalized spacial score (nSPS) is 20.3. The number of carbonyl (C=O) groups is 3. The fourth-order valence-electron chi connectivity index (χ4n) is 3.90. The van der Waals surface area contributed by atoms with Crippen molar-refractivity contribution in [3.05, 3.63) is 47.2 Å². The summed E-state index contributed by atoms with van der Waals surface area (Å²) in [5.41, 5.74) is 1.77. The lowest BCUT2D eigenvalue weighted by atomic mass is 9.93. The molecule has 0 bridgehead atoms. The Hall–Kier alpha value is -2.87. The molecule has 8 nitrogen and oxygen atoms in total. The van der Waals surface area contributed by atoms with Crippen LogP contribution in [0.4, 0.5) is 4.79 Å². The number of likely N-dealkylation sites (tertiary alicyclic amines) is 1. The van der Waals surface area contributed by atoms with E-state index in [0.29, 0.717) is 50.4 Å². The molecule has 1 saturated heterocycles. The van der Waals surface area contributed by atoms with Gasteiger partial charge in [0.15, 0.2) is 0 Å². The zero-order chi connectivity index (χ0) is 21.5. The lowest BCUT2D eigenvalue weighted by molar-refractivity contribution is -0.149. The summed E-state index contributed by atoms with van der Waals surface area (Å²) in [6, 6.07) is 8.43. The van der Waals surface area contributed by atoms with Crippen molar-refractivity contribution in [2.24, 2.45) is 5.92 Å². The third-order valence-corrected chi connectivity index (χ3v) is 5.37. The second-order valence-corrected chi connectivity index (χ2v) is 7.36. The molecule has 2 amide bonds. The Morgan fingerprint density at radius 3 is 2.37 bits per heavy atom. The summed E-state index contributed by atoms with van der Waals surface area (Å²) in [6.45, 7) is 5.96. The van der Waals surface area contributed by atoms with Crippen LogP contribution in [0, 0.1) is 5.92 Å². The molecule has 0 saturated carbocycles. The largest absolute Gasteiger partial charge is 0.466 e. The highest BCUT2D eigenvalue weighted by molar-refractivity contribution is 5.95. The van der Waals surface area contributed by atoms with Gasteiger partial charge in [-0.25, -0.2) is 9.59 Å². The quantitative estimate of drug-likeness (QED) is 0.663. The highest BCUT2D eigenvalue weighted by Gasteiger charge is 2.35. The number of ether oxygens (including phenoxy) is 2. The Morgan fingerprint density at radius 2 is 1.73 bits per heavy atom. The third kappa shape index (κ3) is 5.18. The fraction of sp³-hybridized carbons (Fsp3) is 0.500. The molecule has 1 aromatic rings. The zero-order valence-corrected chi connectivity index (χ0v) is 17.5. The van der Waals surface area contributed by atoms with Crippen LogP contribution in [0.3, 0.4) is 0 Å². The number of piperidine rings is 1. The Bertz CT molecular complexity index is 800. The summed E-state index contributed by atoms with van der Waals surface area (Å²) >= 11 is 0. The number of rotatable bonds is 7. The number of nitrogens with zero attached hydrogens (tertiary/aromatic N) is 1. The minimum absolute atomic E-state index is 0.0978. The van der Waals surface area contributed by atoms with E-state index in [1.54, 1.807) is 13.8 Å². The minimum atomic E-state index is -0.578. The van der Waals surface area contributed by atoms with E-state index >= 15 is 0 Å². The average molecular weight is 415 g/mol. The van der Waals surface area contributed by atoms with Crippen molar-refractivity contribution in [1.82, 2.24) is 15.5 Å². The smallest absolute Gasteiger partial charge is 0.338 e. The molecule has 2 N–H and O–H groups in total. The van der Waals surface area contributed by atoms with Gasteiger partial charge in [0.1, 0.15) is 0 Å². The van der Waals surface area contributed by atoms with Crippen molar-refractivity contribution in [3.8, 4) is 0 Å². The van der Waals surface area contributed by atoms with Crippen LogP contribution in [-0.4, -0.2) is 55.7 Å². The average Bonchev–Trinajstić information content (AvgIpc) is 2.75. The first-order chi connectivity index (χ1) is 14.5. The van der Waals surface area contributed by atoms with Crippen LogP contribution in [0.1, 0.15) is 38.3 Å². The SMILES string of the molecule is CCOC(=O)C1=C(CN2CCC(C(=O)OCC)CC2)NC(=O)NC1c1ccccc1. The molecule has 1 atom stereocenters. The number of urea groups is 1. The highest BCUT2D eigenvalue weighted by atomic mass is 16.5. The van der Waals surface area contributed by atoms with Crippen LogP contribution >= 0.6 is 0 Å². The second-order valence-electron chi connectivity index (χ2n) is 7.36. The molecule has 2 aliphatic heterocycles. The van der Waals surface area contributed by atoms with Gasteiger partial charge < -0.3 is 20.1 Å². The van der Waals surface area contributed by atoms with Gasteiger partial charge in [-0.3, -0.25) is 9.69 Å². The Labute approximate surface area is 176 Å². The minimum Gasteiger partial charge on any atom is -0.466 e. The molecule has 2 heterocycles. The highest BCUT2D eigenvalue weighted by Crippen LogP contribution is 2.29. The topological polar surface area (TPSA) is 97.0 Å². The van der Waals surface area contributed by atoms with E-state index in [1.807, 2.05) is 30.3 Å². The third-order valence-electron chi connectivity index (χ3n) is 5.37. The van der Waals surface area contributed by atoms with E-state index < -0.39 is 12.0 Å². The van der Waals surface area contributed by atoms with Crippen molar-refractivity contribution < 1.29 is 23.9 Å². The lowest BCUT2D eigenvalue weighted by Gasteiger charge is -2.35. The summed E-state index contributed by atoms with van der Waals surface area (Å²) < 4.78 is 10.4. The maximum absolute atomic E-state index is 12.8. The molecule has 30 heavy (non-hydrogen) atoms. The van der Waals surface area contributed by atoms with Crippen LogP contribution < -0.4 is 10.6 Å². The van der Waals surface area contributed by atoms with E-state index in [1.165, 1.54) is 0 Å². The van der Waals surface area contributed by atoms with Gasteiger partial charge in [0.05, 0.1) is 30.7 Å². The number of benzene rings is 1. The lowest BCUT2D eigenvalue weighted by Crippen LogP contribution is -2.49. The number of hydrogen-bond acceptors (Lipinski definition) is 6. The van der Waals surface area contributed by atoms with Crippen LogP contribution in [0.5, 0.6) is 0 Å². The fourth-order valence-corrected chi connectivity index (χ4v) is 3.90. The van der Waals surface area contributed by atoms with Crippen LogP contribution in [0.25, 0.3) is 0 Å². The summed E-state index contributed by atoms with van der Waals surface area (Å²) in [6.07, 6.45) is 1.38. The molecule has 1 aromatic carbocycles. The molecule has 1 unspecified atom stereocenters. The molecule has 0 radical (unpaired) electrons. The Morgan fingerprint density at radius 1 is 1.07 bits per heavy atom. The Balaban J connectivity index is 1.81. The molecule has 0 aliphatic carbocycles. The first-order valence-electron chi connectivity index (χ1n) is 10.4. The summed E-state index contributed by atoms with van der Waals surface area (Å²) in [4.78, 5) is 39.3. The van der Waals surface area contributed by atoms with Gasteiger partial charge in [-0.15, -0.1) is 0 Å². The first kappa shape index (κ1) is 21.8. The first-order valence-corrected chi connectivity index (χ1v) is 10.4. The number of carbonyl (C=O) groups excluding carboxylic acids is 3. The van der Waals surface area contributed by atoms with Gasteiger partial charge in [-0.1, -0.05) is 30.3 Å². The molecule has 162 valence electrons. The van der Waals surface area contributed by atoms with E-state index in [2.05, 4.69) is 15.5 Å². The van der Waals surface area contributed by atoms with Crippen molar-refractivity contribution in [1.29, 1.82) is 0 Å². The van der Waals surface area contributed by atoms with Crippen LogP contribution in [0.15, 0.2) is 41.6 Å². The van der Waals surface area contributed by atoms with Crippen molar-refractivity contribution >= 4 is 18.0 Å². The second kappa shape index (κ2) is 10.2. The van der Waals surface area contributed by atoms with E-state index in [9.17, 15) is 14.4 Å². The van der Waals surface area contributed by atoms with Crippen LogP contribution in [0.2, 0.25) is 0 Å². The maximum atomic E-state index is 12.8. The molecular weight excluding hydrogens is 386 g/mol. The summed E-state index contributed by atoms with van der Waals surface area (Å²) in [5, 5.41) is 5.64. The van der Waals surface area contributed by atoms with E-state index in [-0.39, 0.29) is 24.5 Å². The van der Waals surface area contributed by atoms with E-state index in [4.69, 9.17) is 9.47 Å². The molecule has 1 fully saturated rings. The van der Waals surface area contributed by atoms with Crippen molar-refractivity contribution in [2.75, 3.05) is 32.8 Å². The predicted octanol–water partition coefficient (Wildman–Crippen LogP) is 2.13. The molecule has 0 spiro atoms. The summed E-state index contributed by atoms with van der Waals surface area (Å²) in [5.74, 6) is -0.697. The van der Waals surface area contributed by atoms with Gasteiger partial charge in [0.2, 0.25) is 0 Å². The monoisotopic (exact) mass is 415 g/mol. The van der Waals surface area contributed by atoms with Gasteiger partial charge >= 0.3 is 18.0 Å². The molecular formula is C22H29N3O5. The van der Waals surface area contributed by atoms with Gasteiger partial charge in [0, 0.05) is 12.2 Å². The number of amides is 2. The maximum Gasteiger partial charge on any atom is 0.338 e. The zero-order valence-electron chi connectivity index (χ0n) is 17.5. The number of esters is 2. The predicted molar refractivity (Wildman–Crippen MR) is 110 cm³/mol. The van der Waals surface area contributed by atoms with Gasteiger partial charge in [0.25, 0.3) is 0 Å². The molecule has 0 aromatic heterocycles. The molecule has 8 heteroatoms. The Kier molecular flexibility index (Phi) is 7.46. The van der Waals surface area contributed by atoms with Crippen LogP contribution in [-0.2, 0) is 19.1 Å². The molecule has 3 rings (SSSR count). The van der Waals surface area contributed by atoms with E-state index in [0.717, 1.165) is 5.56 Å². The standard InChI is InChI=1S/C22H29N3O5/c1-3-29-20(26)16-10-12-25(13-11-16)14-17-18(21(27)30-4-2)19(24-22(28)23-17)15-8-6-5-7-9-15/h5-9,16,19H,3-4,10-14H2,1-2H3,(H2,23,24,28).